The maximum Gasteiger partial charge on any atom is 0.311 e. The fraction of sp³-hybridized carbons (Fsp3) is 0.176. The van der Waals surface area contributed by atoms with Gasteiger partial charge in [-0.15, -0.1) is 0 Å². The first kappa shape index (κ1) is 13.5. The molecule has 0 aromatic heterocycles. The number of carbonyl (C=O) groups excluding carboxylic acids is 2. The van der Waals surface area contributed by atoms with E-state index in [1.807, 2.05) is 12.1 Å². The number of benzene rings is 2. The molecular formula is C17H13FO3. The molecule has 106 valence electrons. The number of esters is 1. The van der Waals surface area contributed by atoms with Crippen molar-refractivity contribution >= 4 is 11.8 Å². The lowest BCUT2D eigenvalue weighted by molar-refractivity contribution is -0.135. The smallest absolute Gasteiger partial charge is 0.311 e. The Morgan fingerprint density at radius 3 is 2.62 bits per heavy atom. The second-order valence-electron chi connectivity index (χ2n) is 5.05. The van der Waals surface area contributed by atoms with Crippen molar-refractivity contribution in [3.8, 4) is 5.75 Å². The second kappa shape index (κ2) is 5.48. The molecule has 0 spiro atoms. The van der Waals surface area contributed by atoms with Gasteiger partial charge in [-0.2, -0.15) is 0 Å². The van der Waals surface area contributed by atoms with Gasteiger partial charge >= 0.3 is 5.97 Å². The fourth-order valence-electron chi connectivity index (χ4n) is 2.55. The number of hydrogen-bond acceptors (Lipinski definition) is 3. The summed E-state index contributed by atoms with van der Waals surface area (Å²) in [5.41, 5.74) is 1.32. The summed E-state index contributed by atoms with van der Waals surface area (Å²) in [5, 5.41) is 0. The number of rotatable bonds is 3. The summed E-state index contributed by atoms with van der Waals surface area (Å²) in [7, 11) is 0. The minimum Gasteiger partial charge on any atom is -0.426 e. The molecule has 2 aromatic carbocycles. The van der Waals surface area contributed by atoms with E-state index >= 15 is 0 Å². The zero-order valence-electron chi connectivity index (χ0n) is 11.2. The minimum absolute atomic E-state index is 0.107. The van der Waals surface area contributed by atoms with Crippen LogP contribution >= 0.6 is 0 Å². The van der Waals surface area contributed by atoms with Crippen LogP contribution in [0, 0.1) is 5.82 Å². The van der Waals surface area contributed by atoms with Gasteiger partial charge in [0.15, 0.2) is 5.78 Å². The molecular weight excluding hydrogens is 271 g/mol. The first-order valence-corrected chi connectivity index (χ1v) is 6.72. The van der Waals surface area contributed by atoms with Gasteiger partial charge in [-0.3, -0.25) is 9.59 Å². The first-order valence-electron chi connectivity index (χ1n) is 6.72. The van der Waals surface area contributed by atoms with Crippen LogP contribution in [0.5, 0.6) is 5.75 Å². The molecule has 1 aliphatic rings. The number of ketones is 1. The molecule has 0 unspecified atom stereocenters. The molecule has 0 saturated carbocycles. The van der Waals surface area contributed by atoms with Crippen molar-refractivity contribution in [1.29, 1.82) is 0 Å². The molecule has 0 aliphatic carbocycles. The monoisotopic (exact) mass is 284 g/mol. The number of fused-ring (bicyclic) bond motifs is 1. The number of para-hydroxylation sites is 1. The molecule has 0 amide bonds. The van der Waals surface area contributed by atoms with E-state index in [1.165, 1.54) is 24.3 Å². The third-order valence-corrected chi connectivity index (χ3v) is 3.59. The van der Waals surface area contributed by atoms with Crippen molar-refractivity contribution in [3.63, 3.8) is 0 Å². The van der Waals surface area contributed by atoms with Crippen LogP contribution in [0.2, 0.25) is 0 Å². The Morgan fingerprint density at radius 2 is 1.86 bits per heavy atom. The van der Waals surface area contributed by atoms with E-state index in [0.717, 1.165) is 5.56 Å². The minimum atomic E-state index is -0.377. The molecule has 1 heterocycles. The number of carbonyl (C=O) groups is 2. The quantitative estimate of drug-likeness (QED) is 0.492. The van der Waals surface area contributed by atoms with Crippen molar-refractivity contribution in [2.24, 2.45) is 0 Å². The molecule has 21 heavy (non-hydrogen) atoms. The summed E-state index contributed by atoms with van der Waals surface area (Å²) < 4.78 is 18.0. The first-order chi connectivity index (χ1) is 10.1. The molecule has 0 radical (unpaired) electrons. The summed E-state index contributed by atoms with van der Waals surface area (Å²) in [6, 6.07) is 12.7. The van der Waals surface area contributed by atoms with E-state index in [1.54, 1.807) is 12.1 Å². The van der Waals surface area contributed by atoms with E-state index in [-0.39, 0.29) is 36.3 Å². The van der Waals surface area contributed by atoms with Crippen LogP contribution in [0.1, 0.15) is 34.7 Å². The lowest BCUT2D eigenvalue weighted by atomic mass is 9.87. The summed E-state index contributed by atoms with van der Waals surface area (Å²) in [4.78, 5) is 23.9. The van der Waals surface area contributed by atoms with Crippen LogP contribution in [-0.2, 0) is 4.79 Å². The Hall–Kier alpha value is -2.49. The summed E-state index contributed by atoms with van der Waals surface area (Å²) >= 11 is 0. The van der Waals surface area contributed by atoms with Crippen LogP contribution in [0.15, 0.2) is 48.5 Å². The molecule has 3 nitrogen and oxygen atoms in total. The third kappa shape index (κ3) is 2.84. The van der Waals surface area contributed by atoms with E-state index < -0.39 is 0 Å². The molecule has 0 fully saturated rings. The Kier molecular flexibility index (Phi) is 3.52. The van der Waals surface area contributed by atoms with Crippen molar-refractivity contribution < 1.29 is 18.7 Å². The van der Waals surface area contributed by atoms with E-state index in [2.05, 4.69) is 0 Å². The number of Topliss-reactive ketones (excluding diaryl/α,β-unsaturated/α-hetero) is 1. The fourth-order valence-corrected chi connectivity index (χ4v) is 2.55. The van der Waals surface area contributed by atoms with Gasteiger partial charge in [0.1, 0.15) is 11.6 Å². The van der Waals surface area contributed by atoms with Gasteiger partial charge in [-0.25, -0.2) is 4.39 Å². The summed E-state index contributed by atoms with van der Waals surface area (Å²) in [6.07, 6.45) is 0.391. The van der Waals surface area contributed by atoms with Crippen LogP contribution in [0.25, 0.3) is 0 Å². The predicted octanol–water partition coefficient (Wildman–Crippen LogP) is 3.49. The molecule has 3 rings (SSSR count). The summed E-state index contributed by atoms with van der Waals surface area (Å²) in [5.74, 6) is -0.487. The van der Waals surface area contributed by atoms with Crippen molar-refractivity contribution in [2.45, 2.75) is 18.8 Å². The zero-order chi connectivity index (χ0) is 14.8. The van der Waals surface area contributed by atoms with Crippen LogP contribution in [0.4, 0.5) is 4.39 Å². The van der Waals surface area contributed by atoms with Crippen LogP contribution < -0.4 is 4.74 Å². The lowest BCUT2D eigenvalue weighted by Gasteiger charge is -2.23. The molecule has 0 bridgehead atoms. The SMILES string of the molecule is O=C1C[C@H](CC(=O)c2ccc(F)cc2)c2ccccc2O1. The highest BCUT2D eigenvalue weighted by atomic mass is 19.1. The standard InChI is InChI=1S/C17H13FO3/c18-13-7-5-11(6-8-13)15(19)9-12-10-17(20)21-16-4-2-1-3-14(12)16/h1-8,12H,9-10H2/t12-/m0/s1. The second-order valence-corrected chi connectivity index (χ2v) is 5.05. The Balaban J connectivity index is 1.83. The molecule has 1 aliphatic heterocycles. The molecule has 2 aromatic rings. The molecule has 0 saturated heterocycles. The van der Waals surface area contributed by atoms with Gasteiger partial charge in [-0.1, -0.05) is 18.2 Å². The van der Waals surface area contributed by atoms with Gasteiger partial charge < -0.3 is 4.74 Å². The van der Waals surface area contributed by atoms with E-state index in [4.69, 9.17) is 4.74 Å². The largest absolute Gasteiger partial charge is 0.426 e. The third-order valence-electron chi connectivity index (χ3n) is 3.59. The Bertz CT molecular complexity index is 691. The van der Waals surface area contributed by atoms with Crippen molar-refractivity contribution in [3.05, 3.63) is 65.5 Å². The highest BCUT2D eigenvalue weighted by molar-refractivity contribution is 5.97. The lowest BCUT2D eigenvalue weighted by Crippen LogP contribution is -2.22. The number of halogens is 1. The normalized spacial score (nSPS) is 17.0. The summed E-state index contributed by atoms with van der Waals surface area (Å²) in [6.45, 7) is 0. The van der Waals surface area contributed by atoms with Gasteiger partial charge in [-0.05, 0) is 35.9 Å². The Morgan fingerprint density at radius 1 is 1.14 bits per heavy atom. The van der Waals surface area contributed by atoms with Gasteiger partial charge in [0, 0.05) is 17.9 Å². The molecule has 4 heteroatoms. The molecule has 1 atom stereocenters. The van der Waals surface area contributed by atoms with Gasteiger partial charge in [0.05, 0.1) is 6.42 Å². The van der Waals surface area contributed by atoms with E-state index in [9.17, 15) is 14.0 Å². The van der Waals surface area contributed by atoms with E-state index in [0.29, 0.717) is 11.3 Å². The predicted molar refractivity (Wildman–Crippen MR) is 74.8 cm³/mol. The Labute approximate surface area is 121 Å². The highest BCUT2D eigenvalue weighted by Crippen LogP contribution is 2.36. The number of hydrogen-bond donors (Lipinski definition) is 0. The van der Waals surface area contributed by atoms with Crippen molar-refractivity contribution in [2.75, 3.05) is 0 Å². The van der Waals surface area contributed by atoms with Crippen LogP contribution in [-0.4, -0.2) is 11.8 Å². The van der Waals surface area contributed by atoms with Gasteiger partial charge in [0.25, 0.3) is 0 Å². The zero-order valence-corrected chi connectivity index (χ0v) is 11.2. The topological polar surface area (TPSA) is 43.4 Å². The molecule has 0 N–H and O–H groups in total. The van der Waals surface area contributed by atoms with Crippen LogP contribution in [0.3, 0.4) is 0 Å². The average molecular weight is 284 g/mol. The number of ether oxygens (including phenoxy) is 1. The average Bonchev–Trinajstić information content (AvgIpc) is 2.47. The highest BCUT2D eigenvalue weighted by Gasteiger charge is 2.28. The maximum atomic E-state index is 12.9. The van der Waals surface area contributed by atoms with Gasteiger partial charge in [0.2, 0.25) is 0 Å². The maximum absolute atomic E-state index is 12.9. The van der Waals surface area contributed by atoms with Crippen molar-refractivity contribution in [1.82, 2.24) is 0 Å².